The number of nitrogens with one attached hydrogen (secondary N) is 2. The maximum Gasteiger partial charge on any atom is 0.0460 e. The SMILES string of the molecule is NCc1ccc2c(C3(c4c[nH]c5cc(CN)ccc45)CCCCC3)c[nH]c2c1. The number of nitrogens with two attached hydrogens (primary N) is 2. The Labute approximate surface area is 165 Å². The first-order valence-corrected chi connectivity index (χ1v) is 10.4. The predicted molar refractivity (Wildman–Crippen MR) is 116 cm³/mol. The van der Waals surface area contributed by atoms with E-state index in [-0.39, 0.29) is 5.41 Å². The van der Waals surface area contributed by atoms with Gasteiger partial charge < -0.3 is 21.4 Å². The van der Waals surface area contributed by atoms with Gasteiger partial charge in [-0.15, -0.1) is 0 Å². The monoisotopic (exact) mass is 372 g/mol. The summed E-state index contributed by atoms with van der Waals surface area (Å²) in [6.07, 6.45) is 10.7. The molecule has 0 unspecified atom stereocenters. The Bertz CT molecular complexity index is 1040. The smallest absolute Gasteiger partial charge is 0.0460 e. The van der Waals surface area contributed by atoms with E-state index in [2.05, 4.69) is 58.8 Å². The highest BCUT2D eigenvalue weighted by atomic mass is 14.7. The van der Waals surface area contributed by atoms with Crippen LogP contribution in [0.2, 0.25) is 0 Å². The van der Waals surface area contributed by atoms with E-state index in [1.165, 1.54) is 76.2 Å². The molecule has 2 aromatic carbocycles. The van der Waals surface area contributed by atoms with Crippen LogP contribution >= 0.6 is 0 Å². The van der Waals surface area contributed by atoms with Crippen molar-refractivity contribution in [1.82, 2.24) is 9.97 Å². The van der Waals surface area contributed by atoms with E-state index in [0.717, 1.165) is 0 Å². The van der Waals surface area contributed by atoms with Crippen LogP contribution in [0.1, 0.15) is 54.4 Å². The van der Waals surface area contributed by atoms with Gasteiger partial charge in [-0.05, 0) is 47.2 Å². The Hall–Kier alpha value is -2.56. The first-order valence-electron chi connectivity index (χ1n) is 10.4. The fraction of sp³-hybridized carbons (Fsp3) is 0.333. The molecule has 2 heterocycles. The summed E-state index contributed by atoms with van der Waals surface area (Å²) in [6, 6.07) is 13.2. The molecule has 4 heteroatoms. The fourth-order valence-electron chi connectivity index (χ4n) is 5.23. The molecule has 1 aliphatic carbocycles. The van der Waals surface area contributed by atoms with Gasteiger partial charge >= 0.3 is 0 Å². The average molecular weight is 373 g/mol. The molecule has 5 rings (SSSR count). The van der Waals surface area contributed by atoms with E-state index in [9.17, 15) is 0 Å². The maximum atomic E-state index is 5.85. The third-order valence-electron chi connectivity index (χ3n) is 6.70. The lowest BCUT2D eigenvalue weighted by atomic mass is 9.65. The second kappa shape index (κ2) is 6.80. The van der Waals surface area contributed by atoms with E-state index < -0.39 is 0 Å². The first kappa shape index (κ1) is 17.5. The highest BCUT2D eigenvalue weighted by Crippen LogP contribution is 2.49. The number of aromatic nitrogens is 2. The van der Waals surface area contributed by atoms with Crippen molar-refractivity contribution in [3.05, 3.63) is 71.0 Å². The Morgan fingerprint density at radius 2 is 1.21 bits per heavy atom. The van der Waals surface area contributed by atoms with Crippen molar-refractivity contribution >= 4 is 21.8 Å². The van der Waals surface area contributed by atoms with E-state index in [1.54, 1.807) is 0 Å². The molecule has 0 amide bonds. The van der Waals surface area contributed by atoms with Gasteiger partial charge in [-0.1, -0.05) is 43.5 Å². The number of rotatable bonds is 4. The molecule has 0 bridgehead atoms. The summed E-state index contributed by atoms with van der Waals surface area (Å²) in [5, 5.41) is 2.65. The van der Waals surface area contributed by atoms with Gasteiger partial charge in [0.1, 0.15) is 0 Å². The number of aromatic amines is 2. The predicted octanol–water partition coefficient (Wildman–Crippen LogP) is 4.82. The molecule has 1 aliphatic rings. The van der Waals surface area contributed by atoms with Crippen LogP contribution in [0, 0.1) is 0 Å². The summed E-state index contributed by atoms with van der Waals surface area (Å²) < 4.78 is 0. The van der Waals surface area contributed by atoms with E-state index in [0.29, 0.717) is 13.1 Å². The van der Waals surface area contributed by atoms with Gasteiger partial charge in [-0.2, -0.15) is 0 Å². The van der Waals surface area contributed by atoms with Gasteiger partial charge in [0.05, 0.1) is 0 Å². The summed E-state index contributed by atoms with van der Waals surface area (Å²) in [6.45, 7) is 1.14. The first-order chi connectivity index (χ1) is 13.7. The molecule has 28 heavy (non-hydrogen) atoms. The summed E-state index contributed by atoms with van der Waals surface area (Å²) in [4.78, 5) is 7.06. The zero-order chi connectivity index (χ0) is 19.1. The number of H-pyrrole nitrogens is 2. The molecular weight excluding hydrogens is 344 g/mol. The molecule has 144 valence electrons. The Balaban J connectivity index is 1.73. The van der Waals surface area contributed by atoms with E-state index in [4.69, 9.17) is 11.5 Å². The fourth-order valence-corrected chi connectivity index (χ4v) is 5.23. The zero-order valence-corrected chi connectivity index (χ0v) is 16.2. The minimum absolute atomic E-state index is 0.0449. The molecule has 6 N–H and O–H groups in total. The van der Waals surface area contributed by atoms with Crippen LogP contribution in [0.4, 0.5) is 0 Å². The highest BCUT2D eigenvalue weighted by molar-refractivity contribution is 5.90. The molecule has 0 radical (unpaired) electrons. The number of hydrogen-bond acceptors (Lipinski definition) is 2. The van der Waals surface area contributed by atoms with Crippen molar-refractivity contribution in [3.8, 4) is 0 Å². The number of benzene rings is 2. The Kier molecular flexibility index (Phi) is 4.26. The van der Waals surface area contributed by atoms with Gasteiger partial charge in [0.2, 0.25) is 0 Å². The van der Waals surface area contributed by atoms with Crippen molar-refractivity contribution in [2.75, 3.05) is 0 Å². The van der Waals surface area contributed by atoms with Crippen LogP contribution in [-0.4, -0.2) is 9.97 Å². The molecule has 0 aliphatic heterocycles. The standard InChI is InChI=1S/C24H28N4/c25-12-16-4-6-18-20(14-27-22(18)10-16)24(8-2-1-3-9-24)21-15-28-23-11-17(13-26)5-7-19(21)23/h4-7,10-11,14-15,27-28H,1-3,8-9,12-13,25-26H2. The molecule has 4 nitrogen and oxygen atoms in total. The quantitative estimate of drug-likeness (QED) is 0.414. The Morgan fingerprint density at radius 1 is 0.714 bits per heavy atom. The summed E-state index contributed by atoms with van der Waals surface area (Å²) in [7, 11) is 0. The third-order valence-corrected chi connectivity index (χ3v) is 6.70. The van der Waals surface area contributed by atoms with E-state index in [1.807, 2.05) is 0 Å². The summed E-state index contributed by atoms with van der Waals surface area (Å²) >= 11 is 0. The molecular formula is C24H28N4. The maximum absolute atomic E-state index is 5.85. The average Bonchev–Trinajstić information content (AvgIpc) is 3.37. The molecule has 2 aromatic heterocycles. The van der Waals surface area contributed by atoms with Crippen LogP contribution in [0.15, 0.2) is 48.8 Å². The van der Waals surface area contributed by atoms with Crippen molar-refractivity contribution in [3.63, 3.8) is 0 Å². The van der Waals surface area contributed by atoms with Crippen molar-refractivity contribution in [2.45, 2.75) is 50.6 Å². The lowest BCUT2D eigenvalue weighted by molar-refractivity contribution is 0.350. The van der Waals surface area contributed by atoms with Gasteiger partial charge in [0, 0.05) is 52.7 Å². The summed E-state index contributed by atoms with van der Waals surface area (Å²) in [5.41, 5.74) is 19.3. The normalized spacial score (nSPS) is 16.8. The van der Waals surface area contributed by atoms with Crippen molar-refractivity contribution in [1.29, 1.82) is 0 Å². The van der Waals surface area contributed by atoms with Crippen molar-refractivity contribution in [2.24, 2.45) is 11.5 Å². The van der Waals surface area contributed by atoms with Crippen LogP contribution in [0.25, 0.3) is 21.8 Å². The van der Waals surface area contributed by atoms with Gasteiger partial charge in [-0.25, -0.2) is 0 Å². The van der Waals surface area contributed by atoms with Crippen LogP contribution < -0.4 is 11.5 Å². The Morgan fingerprint density at radius 3 is 1.68 bits per heavy atom. The summed E-state index contributed by atoms with van der Waals surface area (Å²) in [5.74, 6) is 0. The topological polar surface area (TPSA) is 83.6 Å². The lowest BCUT2D eigenvalue weighted by Gasteiger charge is -2.37. The lowest BCUT2D eigenvalue weighted by Crippen LogP contribution is -2.30. The van der Waals surface area contributed by atoms with Gasteiger partial charge in [0.15, 0.2) is 0 Å². The van der Waals surface area contributed by atoms with Crippen LogP contribution in [-0.2, 0) is 18.5 Å². The van der Waals surface area contributed by atoms with Gasteiger partial charge in [0.25, 0.3) is 0 Å². The van der Waals surface area contributed by atoms with Crippen LogP contribution in [0.5, 0.6) is 0 Å². The molecule has 0 atom stereocenters. The molecule has 1 saturated carbocycles. The molecule has 1 fully saturated rings. The second-order valence-electron chi connectivity index (χ2n) is 8.22. The largest absolute Gasteiger partial charge is 0.361 e. The number of fused-ring (bicyclic) bond motifs is 2. The minimum Gasteiger partial charge on any atom is -0.361 e. The van der Waals surface area contributed by atoms with Gasteiger partial charge in [-0.3, -0.25) is 0 Å². The third kappa shape index (κ3) is 2.60. The molecule has 0 spiro atoms. The number of hydrogen-bond donors (Lipinski definition) is 4. The van der Waals surface area contributed by atoms with Crippen molar-refractivity contribution < 1.29 is 0 Å². The molecule has 4 aromatic rings. The van der Waals surface area contributed by atoms with Crippen LogP contribution in [0.3, 0.4) is 0 Å². The highest BCUT2D eigenvalue weighted by Gasteiger charge is 2.39. The zero-order valence-electron chi connectivity index (χ0n) is 16.2. The van der Waals surface area contributed by atoms with E-state index >= 15 is 0 Å². The second-order valence-corrected chi connectivity index (χ2v) is 8.22. The minimum atomic E-state index is 0.0449. The molecule has 0 saturated heterocycles.